The molecule has 0 aliphatic heterocycles. The van der Waals surface area contributed by atoms with Crippen LogP contribution in [0.5, 0.6) is 0 Å². The highest BCUT2D eigenvalue weighted by atomic mass is 32.2. The van der Waals surface area contributed by atoms with E-state index in [0.29, 0.717) is 19.3 Å². The quantitative estimate of drug-likeness (QED) is 0.154. The second-order valence-corrected chi connectivity index (χ2v) is 10.1. The van der Waals surface area contributed by atoms with E-state index < -0.39 is 21.5 Å². The fourth-order valence-electron chi connectivity index (χ4n) is 3.86. The van der Waals surface area contributed by atoms with Crippen LogP contribution in [0.3, 0.4) is 0 Å². The van der Waals surface area contributed by atoms with Crippen molar-refractivity contribution >= 4 is 10.1 Å². The van der Waals surface area contributed by atoms with Gasteiger partial charge in [-0.2, -0.15) is 8.42 Å². The Labute approximate surface area is 175 Å². The summed E-state index contributed by atoms with van der Waals surface area (Å²) in [7, 11) is -4.16. The van der Waals surface area contributed by atoms with Crippen LogP contribution in [-0.4, -0.2) is 29.4 Å². The summed E-state index contributed by atoms with van der Waals surface area (Å²) in [4.78, 5) is 0. The molecule has 0 saturated carbocycles. The van der Waals surface area contributed by atoms with E-state index in [0.717, 1.165) is 25.7 Å². The van der Waals surface area contributed by atoms with Gasteiger partial charge in [0.1, 0.15) is 5.25 Å². The molecule has 0 rings (SSSR count). The summed E-state index contributed by atoms with van der Waals surface area (Å²) >= 11 is 0. The molecule has 170 valence electrons. The predicted molar refractivity (Wildman–Crippen MR) is 120 cm³/mol. The highest BCUT2D eigenvalue weighted by molar-refractivity contribution is 7.86. The number of hydrogen-bond donors (Lipinski definition) is 2. The Morgan fingerprint density at radius 3 is 1.29 bits per heavy atom. The monoisotopic (exact) mass is 420 g/mol. The molecular formula is C23H48O4S. The Bertz CT molecular complexity index is 422. The molecule has 28 heavy (non-hydrogen) atoms. The van der Waals surface area contributed by atoms with Gasteiger partial charge < -0.3 is 5.11 Å². The van der Waals surface area contributed by atoms with Crippen molar-refractivity contribution in [1.29, 1.82) is 0 Å². The maximum atomic E-state index is 11.4. The van der Waals surface area contributed by atoms with Gasteiger partial charge >= 0.3 is 0 Å². The van der Waals surface area contributed by atoms with Crippen LogP contribution in [-0.2, 0) is 10.1 Å². The van der Waals surface area contributed by atoms with Crippen LogP contribution in [0.4, 0.5) is 0 Å². The molecule has 0 amide bonds. The fourth-order valence-corrected chi connectivity index (χ4v) is 4.85. The molecule has 0 spiro atoms. The SMILES string of the molecule is CCCCCCCCCCCCCCCCCC(O)C(CCCC)S(=O)(=O)O. The number of aliphatic hydroxyl groups excluding tert-OH is 1. The molecule has 2 unspecified atom stereocenters. The predicted octanol–water partition coefficient (Wildman–Crippen LogP) is 7.06. The summed E-state index contributed by atoms with van der Waals surface area (Å²) in [5.41, 5.74) is 0. The van der Waals surface area contributed by atoms with Crippen LogP contribution in [0, 0.1) is 0 Å². The van der Waals surface area contributed by atoms with E-state index in [9.17, 15) is 18.1 Å². The van der Waals surface area contributed by atoms with Gasteiger partial charge in [-0.15, -0.1) is 0 Å². The summed E-state index contributed by atoms with van der Waals surface area (Å²) in [6.45, 7) is 4.24. The first-order valence-corrected chi connectivity index (χ1v) is 13.6. The molecule has 2 atom stereocenters. The third-order valence-electron chi connectivity index (χ3n) is 5.76. The molecule has 0 bridgehead atoms. The highest BCUT2D eigenvalue weighted by Gasteiger charge is 2.29. The Kier molecular flexibility index (Phi) is 18.8. The molecule has 0 aliphatic rings. The Hall–Kier alpha value is -0.130. The summed E-state index contributed by atoms with van der Waals surface area (Å²) in [6.07, 6.45) is 20.7. The maximum Gasteiger partial charge on any atom is 0.270 e. The third-order valence-corrected chi connectivity index (χ3v) is 7.07. The molecule has 4 nitrogen and oxygen atoms in total. The zero-order valence-electron chi connectivity index (χ0n) is 18.7. The van der Waals surface area contributed by atoms with Crippen LogP contribution in [0.1, 0.15) is 136 Å². The average molecular weight is 421 g/mol. The first kappa shape index (κ1) is 27.9. The summed E-state index contributed by atoms with van der Waals surface area (Å²) in [5.74, 6) is 0. The lowest BCUT2D eigenvalue weighted by Gasteiger charge is -2.20. The van der Waals surface area contributed by atoms with Crippen molar-refractivity contribution in [3.05, 3.63) is 0 Å². The first-order chi connectivity index (χ1) is 13.4. The van der Waals surface area contributed by atoms with Crippen molar-refractivity contribution in [3.63, 3.8) is 0 Å². The zero-order chi connectivity index (χ0) is 21.1. The Morgan fingerprint density at radius 1 is 0.571 bits per heavy atom. The van der Waals surface area contributed by atoms with Crippen LogP contribution in [0.15, 0.2) is 0 Å². The lowest BCUT2D eigenvalue weighted by molar-refractivity contribution is 0.146. The van der Waals surface area contributed by atoms with Crippen molar-refractivity contribution in [2.75, 3.05) is 0 Å². The smallest absolute Gasteiger partial charge is 0.270 e. The van der Waals surface area contributed by atoms with E-state index >= 15 is 0 Å². The topological polar surface area (TPSA) is 74.6 Å². The molecule has 0 fully saturated rings. The van der Waals surface area contributed by atoms with Gasteiger partial charge in [0.15, 0.2) is 0 Å². The van der Waals surface area contributed by atoms with E-state index in [4.69, 9.17) is 0 Å². The Morgan fingerprint density at radius 2 is 0.929 bits per heavy atom. The van der Waals surface area contributed by atoms with Gasteiger partial charge in [-0.05, 0) is 12.8 Å². The third kappa shape index (κ3) is 16.8. The lowest BCUT2D eigenvalue weighted by Crippen LogP contribution is -2.33. The van der Waals surface area contributed by atoms with E-state index in [2.05, 4.69) is 6.92 Å². The van der Waals surface area contributed by atoms with Gasteiger partial charge in [0.2, 0.25) is 0 Å². The summed E-state index contributed by atoms with van der Waals surface area (Å²) < 4.78 is 32.2. The second-order valence-electron chi connectivity index (χ2n) is 8.50. The lowest BCUT2D eigenvalue weighted by atomic mass is 10.0. The minimum Gasteiger partial charge on any atom is -0.392 e. The van der Waals surface area contributed by atoms with Gasteiger partial charge in [-0.3, -0.25) is 4.55 Å². The molecule has 0 heterocycles. The van der Waals surface area contributed by atoms with Gasteiger partial charge in [0.05, 0.1) is 6.10 Å². The van der Waals surface area contributed by atoms with E-state index in [1.807, 2.05) is 6.92 Å². The molecule has 0 aliphatic carbocycles. The molecule has 0 aromatic heterocycles. The van der Waals surface area contributed by atoms with Crippen LogP contribution in [0.2, 0.25) is 0 Å². The van der Waals surface area contributed by atoms with Gasteiger partial charge in [0, 0.05) is 0 Å². The van der Waals surface area contributed by atoms with Gasteiger partial charge in [-0.25, -0.2) is 0 Å². The number of rotatable bonds is 21. The Balaban J connectivity index is 3.51. The van der Waals surface area contributed by atoms with Crippen molar-refractivity contribution in [1.82, 2.24) is 0 Å². The van der Waals surface area contributed by atoms with Crippen molar-refractivity contribution in [2.45, 2.75) is 147 Å². The second kappa shape index (κ2) is 18.9. The summed E-state index contributed by atoms with van der Waals surface area (Å²) in [6, 6.07) is 0. The molecule has 5 heteroatoms. The van der Waals surface area contributed by atoms with Crippen LogP contribution < -0.4 is 0 Å². The normalized spacial score (nSPS) is 14.3. The molecular weight excluding hydrogens is 372 g/mol. The highest BCUT2D eigenvalue weighted by Crippen LogP contribution is 2.19. The minimum atomic E-state index is -4.16. The largest absolute Gasteiger partial charge is 0.392 e. The van der Waals surface area contributed by atoms with Gasteiger partial charge in [-0.1, -0.05) is 123 Å². The maximum absolute atomic E-state index is 11.4. The molecule has 0 aromatic carbocycles. The number of unbranched alkanes of at least 4 members (excludes halogenated alkanes) is 15. The molecule has 2 N–H and O–H groups in total. The number of hydrogen-bond acceptors (Lipinski definition) is 3. The van der Waals surface area contributed by atoms with Crippen LogP contribution in [0.25, 0.3) is 0 Å². The zero-order valence-corrected chi connectivity index (χ0v) is 19.5. The van der Waals surface area contributed by atoms with E-state index in [-0.39, 0.29) is 0 Å². The van der Waals surface area contributed by atoms with Gasteiger partial charge in [0.25, 0.3) is 10.1 Å². The first-order valence-electron chi connectivity index (χ1n) is 12.1. The average Bonchev–Trinajstić information content (AvgIpc) is 2.64. The summed E-state index contributed by atoms with van der Waals surface area (Å²) in [5, 5.41) is 9.12. The molecule has 0 radical (unpaired) electrons. The molecule has 0 aromatic rings. The standard InChI is InChI=1S/C23H48O4S/c1-3-5-7-8-9-10-11-12-13-14-15-16-17-18-19-20-22(24)23(21-6-4-2)28(25,26)27/h22-24H,3-21H2,1-2H3,(H,25,26,27). The van der Waals surface area contributed by atoms with E-state index in [1.165, 1.54) is 77.0 Å². The van der Waals surface area contributed by atoms with Crippen molar-refractivity contribution in [2.24, 2.45) is 0 Å². The van der Waals surface area contributed by atoms with E-state index in [1.54, 1.807) is 0 Å². The van der Waals surface area contributed by atoms with Crippen LogP contribution >= 0.6 is 0 Å². The molecule has 0 saturated heterocycles. The number of aliphatic hydroxyl groups is 1. The van der Waals surface area contributed by atoms with Crippen molar-refractivity contribution in [3.8, 4) is 0 Å². The van der Waals surface area contributed by atoms with Crippen molar-refractivity contribution < 1.29 is 18.1 Å². The fraction of sp³-hybridized carbons (Fsp3) is 1.00. The minimum absolute atomic E-state index is 0.342.